The van der Waals surface area contributed by atoms with Crippen molar-refractivity contribution >= 4 is 5.91 Å². The average Bonchev–Trinajstić information content (AvgIpc) is 2.35. The van der Waals surface area contributed by atoms with E-state index in [2.05, 4.69) is 26.1 Å². The molecule has 0 fully saturated rings. The Balaban J connectivity index is 2.93. The van der Waals surface area contributed by atoms with Gasteiger partial charge in [0.05, 0.1) is 20.1 Å². The second-order valence-corrected chi connectivity index (χ2v) is 5.53. The monoisotopic (exact) mass is 265 g/mol. The van der Waals surface area contributed by atoms with E-state index in [1.807, 2.05) is 18.2 Å². The molecule has 106 valence electrons. The fraction of sp³-hybridized carbons (Fsp3) is 0.533. The maximum absolute atomic E-state index is 11.7. The van der Waals surface area contributed by atoms with Crippen molar-refractivity contribution in [3.63, 3.8) is 0 Å². The van der Waals surface area contributed by atoms with Crippen LogP contribution in [0, 0.1) is 0 Å². The number of hydrogen-bond acceptors (Lipinski definition) is 3. The zero-order valence-corrected chi connectivity index (χ0v) is 12.1. The van der Waals surface area contributed by atoms with Crippen molar-refractivity contribution in [3.8, 4) is 5.75 Å². The number of aliphatic hydroxyl groups excluding tert-OH is 1. The molecule has 1 rings (SSSR count). The minimum Gasteiger partial charge on any atom is -0.496 e. The molecule has 0 aliphatic rings. The van der Waals surface area contributed by atoms with Gasteiger partial charge in [-0.3, -0.25) is 4.79 Å². The number of rotatable bonds is 5. The van der Waals surface area contributed by atoms with Crippen LogP contribution in [-0.4, -0.2) is 31.3 Å². The summed E-state index contributed by atoms with van der Waals surface area (Å²) in [5.41, 5.74) is 2.06. The molecule has 0 saturated carbocycles. The number of methoxy groups -OCH3 is 1. The van der Waals surface area contributed by atoms with Crippen molar-refractivity contribution in [2.24, 2.45) is 0 Å². The van der Waals surface area contributed by atoms with Crippen LogP contribution in [-0.2, 0) is 16.6 Å². The van der Waals surface area contributed by atoms with Gasteiger partial charge in [-0.25, -0.2) is 0 Å². The van der Waals surface area contributed by atoms with Crippen molar-refractivity contribution in [1.29, 1.82) is 0 Å². The first kappa shape index (κ1) is 15.5. The summed E-state index contributed by atoms with van der Waals surface area (Å²) in [6.45, 7) is 6.62. The van der Waals surface area contributed by atoms with Gasteiger partial charge in [-0.2, -0.15) is 0 Å². The second-order valence-electron chi connectivity index (χ2n) is 5.53. The molecule has 0 aliphatic carbocycles. The molecule has 1 aromatic rings. The molecular formula is C15H23NO3. The van der Waals surface area contributed by atoms with Gasteiger partial charge < -0.3 is 15.2 Å². The van der Waals surface area contributed by atoms with E-state index in [4.69, 9.17) is 9.84 Å². The molecule has 4 nitrogen and oxygen atoms in total. The molecular weight excluding hydrogens is 242 g/mol. The summed E-state index contributed by atoms with van der Waals surface area (Å²) in [6.07, 6.45) is 0.257. The van der Waals surface area contributed by atoms with Crippen LogP contribution in [0.2, 0.25) is 0 Å². The maximum atomic E-state index is 11.7. The van der Waals surface area contributed by atoms with Crippen LogP contribution in [0.4, 0.5) is 0 Å². The highest BCUT2D eigenvalue weighted by molar-refractivity contribution is 5.79. The van der Waals surface area contributed by atoms with Gasteiger partial charge in [0.1, 0.15) is 5.75 Å². The van der Waals surface area contributed by atoms with Gasteiger partial charge in [0, 0.05) is 12.1 Å². The first-order valence-electron chi connectivity index (χ1n) is 6.43. The maximum Gasteiger partial charge on any atom is 0.224 e. The fourth-order valence-corrected chi connectivity index (χ4v) is 1.81. The van der Waals surface area contributed by atoms with Crippen LogP contribution in [0.15, 0.2) is 18.2 Å². The Kier molecular flexibility index (Phi) is 5.36. The zero-order chi connectivity index (χ0) is 14.5. The first-order chi connectivity index (χ1) is 8.88. The number of benzene rings is 1. The third-order valence-electron chi connectivity index (χ3n) is 2.93. The van der Waals surface area contributed by atoms with Gasteiger partial charge >= 0.3 is 0 Å². The molecule has 0 spiro atoms. The van der Waals surface area contributed by atoms with E-state index in [1.165, 1.54) is 5.56 Å². The Bertz CT molecular complexity index is 436. The van der Waals surface area contributed by atoms with Gasteiger partial charge in [-0.15, -0.1) is 0 Å². The smallest absolute Gasteiger partial charge is 0.224 e. The van der Waals surface area contributed by atoms with Crippen molar-refractivity contribution in [3.05, 3.63) is 29.3 Å². The predicted molar refractivity (Wildman–Crippen MR) is 75.5 cm³/mol. The average molecular weight is 265 g/mol. The van der Waals surface area contributed by atoms with Crippen LogP contribution < -0.4 is 10.1 Å². The molecule has 1 amide bonds. The number of carbonyl (C=O) groups is 1. The van der Waals surface area contributed by atoms with Crippen molar-refractivity contribution in [2.45, 2.75) is 32.6 Å². The van der Waals surface area contributed by atoms with Gasteiger partial charge in [0.25, 0.3) is 0 Å². The molecule has 0 radical (unpaired) electrons. The summed E-state index contributed by atoms with van der Waals surface area (Å²) in [7, 11) is 1.60. The van der Waals surface area contributed by atoms with Crippen LogP contribution >= 0.6 is 0 Å². The molecule has 0 saturated heterocycles. The highest BCUT2D eigenvalue weighted by Gasteiger charge is 2.17. The summed E-state index contributed by atoms with van der Waals surface area (Å²) < 4.78 is 5.29. The lowest BCUT2D eigenvalue weighted by molar-refractivity contribution is -0.120. The number of nitrogens with one attached hydrogen (secondary N) is 1. The summed E-state index contributed by atoms with van der Waals surface area (Å²) in [6, 6.07) is 5.93. The molecule has 4 heteroatoms. The fourth-order valence-electron chi connectivity index (χ4n) is 1.81. The van der Waals surface area contributed by atoms with E-state index in [0.717, 1.165) is 5.56 Å². The van der Waals surface area contributed by atoms with E-state index in [1.54, 1.807) is 7.11 Å². The zero-order valence-electron chi connectivity index (χ0n) is 12.1. The molecule has 2 N–H and O–H groups in total. The van der Waals surface area contributed by atoms with Crippen LogP contribution in [0.1, 0.15) is 31.9 Å². The minimum atomic E-state index is -0.113. The van der Waals surface area contributed by atoms with E-state index >= 15 is 0 Å². The largest absolute Gasteiger partial charge is 0.496 e. The Morgan fingerprint density at radius 3 is 2.58 bits per heavy atom. The summed E-state index contributed by atoms with van der Waals surface area (Å²) in [5.74, 6) is 0.602. The van der Waals surface area contributed by atoms with Crippen molar-refractivity contribution in [1.82, 2.24) is 5.32 Å². The molecule has 19 heavy (non-hydrogen) atoms. The molecule has 0 bridgehead atoms. The van der Waals surface area contributed by atoms with Gasteiger partial charge in [-0.05, 0) is 17.0 Å². The third-order valence-corrected chi connectivity index (χ3v) is 2.93. The van der Waals surface area contributed by atoms with E-state index in [9.17, 15) is 4.79 Å². The minimum absolute atomic E-state index is 0.0304. The van der Waals surface area contributed by atoms with Crippen LogP contribution in [0.3, 0.4) is 0 Å². The molecule has 0 aromatic heterocycles. The number of ether oxygens (including phenoxy) is 1. The van der Waals surface area contributed by atoms with Crippen molar-refractivity contribution in [2.75, 3.05) is 20.3 Å². The van der Waals surface area contributed by atoms with Crippen LogP contribution in [0.5, 0.6) is 5.75 Å². The van der Waals surface area contributed by atoms with E-state index in [-0.39, 0.29) is 30.9 Å². The van der Waals surface area contributed by atoms with E-state index < -0.39 is 0 Å². The molecule has 1 aromatic carbocycles. The highest BCUT2D eigenvalue weighted by Crippen LogP contribution is 2.28. The number of hydrogen-bond donors (Lipinski definition) is 2. The standard InChI is InChI=1S/C15H23NO3/c1-15(2,3)12-5-6-13(19-4)11(9-12)10-14(18)16-7-8-17/h5-6,9,17H,7-8,10H2,1-4H3,(H,16,18). The number of amides is 1. The molecule has 0 atom stereocenters. The summed E-state index contributed by atoms with van der Waals surface area (Å²) >= 11 is 0. The topological polar surface area (TPSA) is 58.6 Å². The lowest BCUT2D eigenvalue weighted by Crippen LogP contribution is -2.28. The Morgan fingerprint density at radius 2 is 2.05 bits per heavy atom. The third kappa shape index (κ3) is 4.56. The second kappa shape index (κ2) is 6.57. The van der Waals surface area contributed by atoms with Gasteiger partial charge in [-0.1, -0.05) is 32.9 Å². The molecule has 0 unspecified atom stereocenters. The Hall–Kier alpha value is -1.55. The lowest BCUT2D eigenvalue weighted by atomic mass is 9.85. The predicted octanol–water partition coefficient (Wildman–Crippen LogP) is 1.64. The quantitative estimate of drug-likeness (QED) is 0.851. The van der Waals surface area contributed by atoms with E-state index in [0.29, 0.717) is 5.75 Å². The SMILES string of the molecule is COc1ccc(C(C)(C)C)cc1CC(=O)NCCO. The number of carbonyl (C=O) groups excluding carboxylic acids is 1. The van der Waals surface area contributed by atoms with Crippen LogP contribution in [0.25, 0.3) is 0 Å². The highest BCUT2D eigenvalue weighted by atomic mass is 16.5. The normalized spacial score (nSPS) is 11.2. The van der Waals surface area contributed by atoms with Gasteiger partial charge in [0.2, 0.25) is 5.91 Å². The molecule has 0 aliphatic heterocycles. The lowest BCUT2D eigenvalue weighted by Gasteiger charge is -2.21. The Labute approximate surface area is 114 Å². The number of aliphatic hydroxyl groups is 1. The summed E-state index contributed by atoms with van der Waals surface area (Å²) in [5, 5.41) is 11.3. The van der Waals surface area contributed by atoms with Crippen molar-refractivity contribution < 1.29 is 14.6 Å². The first-order valence-corrected chi connectivity index (χ1v) is 6.43. The summed E-state index contributed by atoms with van der Waals surface area (Å²) in [4.78, 5) is 11.7. The Morgan fingerprint density at radius 1 is 1.37 bits per heavy atom. The van der Waals surface area contributed by atoms with Gasteiger partial charge in [0.15, 0.2) is 0 Å². The molecule has 0 heterocycles.